The number of halogens is 6. The van der Waals surface area contributed by atoms with E-state index in [2.05, 4.69) is 25.9 Å². The number of nitrogens with one attached hydrogen (secondary N) is 2. The molecule has 0 unspecified atom stereocenters. The first kappa shape index (κ1) is 23.3. The van der Waals surface area contributed by atoms with E-state index < -0.39 is 48.0 Å². The van der Waals surface area contributed by atoms with Gasteiger partial charge in [-0.1, -0.05) is 12.1 Å². The smallest absolute Gasteiger partial charge is 0.363 e. The predicted octanol–water partition coefficient (Wildman–Crippen LogP) is 4.48. The lowest BCUT2D eigenvalue weighted by molar-refractivity contribution is -0.301. The number of benzene rings is 1. The van der Waals surface area contributed by atoms with Crippen molar-refractivity contribution >= 4 is 17.9 Å². The van der Waals surface area contributed by atoms with Crippen LogP contribution in [0.4, 0.5) is 32.2 Å². The Morgan fingerprint density at radius 2 is 1.79 bits per heavy atom. The van der Waals surface area contributed by atoms with E-state index >= 15 is 0 Å². The summed E-state index contributed by atoms with van der Waals surface area (Å²) in [7, 11) is 0. The van der Waals surface area contributed by atoms with Crippen molar-refractivity contribution in [1.82, 2.24) is 20.2 Å². The molecule has 1 aliphatic heterocycles. The highest BCUT2D eigenvalue weighted by atomic mass is 19.4. The van der Waals surface area contributed by atoms with Gasteiger partial charge in [-0.3, -0.25) is 9.78 Å². The van der Waals surface area contributed by atoms with E-state index in [1.165, 1.54) is 30.7 Å². The maximum atomic E-state index is 14.4. The Morgan fingerprint density at radius 1 is 1.12 bits per heavy atom. The molecule has 0 saturated heterocycles. The van der Waals surface area contributed by atoms with E-state index in [9.17, 15) is 31.1 Å². The molecule has 13 heteroatoms. The van der Waals surface area contributed by atoms with Gasteiger partial charge in [-0.25, -0.2) is 14.5 Å². The summed E-state index contributed by atoms with van der Waals surface area (Å²) in [6.45, 7) is 0. The molecule has 0 saturated carbocycles. The molecular weight excluding hydrogens is 466 g/mol. The van der Waals surface area contributed by atoms with Crippen LogP contribution in [0.1, 0.15) is 40.1 Å². The topological polar surface area (TPSA) is 84.2 Å². The average Bonchev–Trinajstić information content (AvgIpc) is 3.23. The standard InChI is InChI=1S/C21H16F6N6O/c22-14-3-1-13(2-4-14)15-9-17(20(23,24)21(25,26)27)33-18(30-15)10-16(32-33)19(34)31-29-11-12-5-7-28-8-6-12/h1-8,10-11,15,17,30H,9H2,(H,31,34)/b29-11-/t15-,17+/m0/s1. The first-order chi connectivity index (χ1) is 16.1. The number of amides is 1. The summed E-state index contributed by atoms with van der Waals surface area (Å²) < 4.78 is 82.3. The Bertz CT molecular complexity index is 1190. The molecule has 2 N–H and O–H groups in total. The monoisotopic (exact) mass is 482 g/mol. The lowest BCUT2D eigenvalue weighted by atomic mass is 9.93. The number of alkyl halides is 5. The van der Waals surface area contributed by atoms with Crippen LogP contribution < -0.4 is 10.7 Å². The molecule has 0 fully saturated rings. The Balaban J connectivity index is 1.63. The average molecular weight is 482 g/mol. The molecule has 178 valence electrons. The number of carbonyl (C=O) groups excluding carboxylic acids is 1. The molecule has 3 heterocycles. The minimum absolute atomic E-state index is 0.224. The summed E-state index contributed by atoms with van der Waals surface area (Å²) in [5, 5.41) is 10.2. The second-order valence-corrected chi connectivity index (χ2v) is 7.46. The van der Waals surface area contributed by atoms with Gasteiger partial charge in [-0.15, -0.1) is 0 Å². The quantitative estimate of drug-likeness (QED) is 0.319. The van der Waals surface area contributed by atoms with Crippen molar-refractivity contribution in [3.8, 4) is 0 Å². The highest BCUT2D eigenvalue weighted by molar-refractivity contribution is 5.93. The number of nitrogens with zero attached hydrogens (tertiary/aromatic N) is 4. The molecular formula is C21H16F6N6O. The molecule has 2 atom stereocenters. The summed E-state index contributed by atoms with van der Waals surface area (Å²) in [6, 6.07) is 5.50. The van der Waals surface area contributed by atoms with Crippen LogP contribution in [-0.2, 0) is 0 Å². The summed E-state index contributed by atoms with van der Waals surface area (Å²) in [5.74, 6) is -6.88. The van der Waals surface area contributed by atoms with Gasteiger partial charge < -0.3 is 5.32 Å². The van der Waals surface area contributed by atoms with Gasteiger partial charge >= 0.3 is 12.1 Å². The van der Waals surface area contributed by atoms with E-state index in [4.69, 9.17) is 0 Å². The van der Waals surface area contributed by atoms with Crippen molar-refractivity contribution in [2.24, 2.45) is 5.10 Å². The molecule has 4 rings (SSSR count). The number of hydrogen-bond donors (Lipinski definition) is 2. The Hall–Kier alpha value is -3.90. The molecule has 1 aromatic carbocycles. The maximum Gasteiger partial charge on any atom is 0.455 e. The molecule has 0 bridgehead atoms. The Kier molecular flexibility index (Phi) is 6.02. The summed E-state index contributed by atoms with van der Waals surface area (Å²) in [5.41, 5.74) is 2.63. The molecule has 34 heavy (non-hydrogen) atoms. The summed E-state index contributed by atoms with van der Waals surface area (Å²) in [6.07, 6.45) is -2.29. The van der Waals surface area contributed by atoms with Crippen LogP contribution in [0.15, 0.2) is 60.0 Å². The number of hydrazone groups is 1. The van der Waals surface area contributed by atoms with Gasteiger partial charge in [0.05, 0.1) is 12.3 Å². The predicted molar refractivity (Wildman–Crippen MR) is 109 cm³/mol. The SMILES string of the molecule is O=C(N/N=C\c1ccncc1)c1cc2n(n1)[C@@H](C(F)(F)C(F)(F)F)C[C@@H](c1ccc(F)cc1)N2. The van der Waals surface area contributed by atoms with E-state index in [0.29, 0.717) is 15.8 Å². The second-order valence-electron chi connectivity index (χ2n) is 7.46. The van der Waals surface area contributed by atoms with Gasteiger partial charge in [0.2, 0.25) is 0 Å². The molecule has 0 aliphatic carbocycles. The zero-order chi connectivity index (χ0) is 24.5. The Labute approximate surface area is 188 Å². The number of fused-ring (bicyclic) bond motifs is 1. The fraction of sp³-hybridized carbons (Fsp3) is 0.238. The van der Waals surface area contributed by atoms with Crippen LogP contribution in [0.25, 0.3) is 0 Å². The van der Waals surface area contributed by atoms with Crippen molar-refractivity contribution in [2.45, 2.75) is 30.6 Å². The summed E-state index contributed by atoms with van der Waals surface area (Å²) in [4.78, 5) is 16.2. The number of anilines is 1. The molecule has 0 radical (unpaired) electrons. The number of hydrogen-bond acceptors (Lipinski definition) is 5. The Morgan fingerprint density at radius 3 is 2.44 bits per heavy atom. The minimum Gasteiger partial charge on any atom is -0.363 e. The summed E-state index contributed by atoms with van der Waals surface area (Å²) >= 11 is 0. The fourth-order valence-corrected chi connectivity index (χ4v) is 3.49. The normalized spacial score (nSPS) is 18.4. The van der Waals surface area contributed by atoms with Gasteiger partial charge in [-0.2, -0.15) is 32.2 Å². The van der Waals surface area contributed by atoms with Crippen LogP contribution in [0.5, 0.6) is 0 Å². The number of rotatable bonds is 5. The van der Waals surface area contributed by atoms with Crippen LogP contribution in [0.3, 0.4) is 0 Å². The highest BCUT2D eigenvalue weighted by Gasteiger charge is 2.64. The number of aromatic nitrogens is 3. The lowest BCUT2D eigenvalue weighted by Crippen LogP contribution is -2.47. The fourth-order valence-electron chi connectivity index (χ4n) is 3.49. The number of carbonyl (C=O) groups is 1. The zero-order valence-electron chi connectivity index (χ0n) is 17.1. The van der Waals surface area contributed by atoms with Crippen LogP contribution in [0, 0.1) is 5.82 Å². The highest BCUT2D eigenvalue weighted by Crippen LogP contribution is 2.50. The van der Waals surface area contributed by atoms with E-state index in [0.717, 1.165) is 18.2 Å². The van der Waals surface area contributed by atoms with Gasteiger partial charge in [0.25, 0.3) is 5.91 Å². The third-order valence-corrected chi connectivity index (χ3v) is 5.20. The minimum atomic E-state index is -5.86. The molecule has 7 nitrogen and oxygen atoms in total. The molecule has 2 aromatic heterocycles. The lowest BCUT2D eigenvalue weighted by Gasteiger charge is -2.37. The van der Waals surface area contributed by atoms with Gasteiger partial charge in [0.1, 0.15) is 17.7 Å². The van der Waals surface area contributed by atoms with Crippen molar-refractivity contribution in [2.75, 3.05) is 5.32 Å². The van der Waals surface area contributed by atoms with Crippen LogP contribution in [-0.4, -0.2) is 39.0 Å². The van der Waals surface area contributed by atoms with E-state index in [-0.39, 0.29) is 5.82 Å². The van der Waals surface area contributed by atoms with Crippen LogP contribution in [0.2, 0.25) is 0 Å². The van der Waals surface area contributed by atoms with Crippen molar-refractivity contribution in [3.05, 3.63) is 77.5 Å². The van der Waals surface area contributed by atoms with E-state index in [1.54, 1.807) is 12.1 Å². The second kappa shape index (κ2) is 8.80. The van der Waals surface area contributed by atoms with E-state index in [1.807, 2.05) is 0 Å². The van der Waals surface area contributed by atoms with Crippen molar-refractivity contribution < 1.29 is 31.1 Å². The van der Waals surface area contributed by atoms with Gasteiger partial charge in [0, 0.05) is 24.9 Å². The first-order valence-corrected chi connectivity index (χ1v) is 9.86. The van der Waals surface area contributed by atoms with Gasteiger partial charge in [0.15, 0.2) is 5.69 Å². The molecule has 0 spiro atoms. The van der Waals surface area contributed by atoms with Crippen molar-refractivity contribution in [1.29, 1.82) is 0 Å². The zero-order valence-corrected chi connectivity index (χ0v) is 17.1. The molecule has 3 aromatic rings. The largest absolute Gasteiger partial charge is 0.455 e. The first-order valence-electron chi connectivity index (χ1n) is 9.86. The third-order valence-electron chi connectivity index (χ3n) is 5.20. The molecule has 1 amide bonds. The van der Waals surface area contributed by atoms with Crippen LogP contribution >= 0.6 is 0 Å². The molecule has 1 aliphatic rings. The van der Waals surface area contributed by atoms with Crippen molar-refractivity contribution in [3.63, 3.8) is 0 Å². The third kappa shape index (κ3) is 4.58. The maximum absolute atomic E-state index is 14.4. The number of pyridine rings is 1. The van der Waals surface area contributed by atoms with Gasteiger partial charge in [-0.05, 0) is 35.4 Å².